The fraction of sp³-hybridized carbons (Fsp3) is 0.667. The van der Waals surface area contributed by atoms with E-state index >= 15 is 0 Å². The number of aliphatic hydroxyl groups excluding tert-OH is 1. The number of hydrogen-bond donors (Lipinski definition) is 4. The summed E-state index contributed by atoms with van der Waals surface area (Å²) in [7, 11) is 0. The number of carbonyl (C=O) groups is 4. The van der Waals surface area contributed by atoms with Gasteiger partial charge in [-0.25, -0.2) is 4.79 Å². The Labute approximate surface area is 242 Å². The number of ether oxygens (including phenoxy) is 1. The Bertz CT molecular complexity index is 1130. The number of nitrogens with one attached hydrogen (secondary N) is 2. The second kappa shape index (κ2) is 12.8. The van der Waals surface area contributed by atoms with Crippen LogP contribution in [0.15, 0.2) is 24.3 Å². The lowest BCUT2D eigenvalue weighted by molar-refractivity contribution is -0.142. The third-order valence-electron chi connectivity index (χ3n) is 8.20. The minimum Gasteiger partial charge on any atom is -0.444 e. The molecule has 1 saturated carbocycles. The van der Waals surface area contributed by atoms with Crippen LogP contribution >= 0.6 is 0 Å². The summed E-state index contributed by atoms with van der Waals surface area (Å²) < 4.78 is 5.84. The van der Waals surface area contributed by atoms with E-state index in [-0.39, 0.29) is 19.0 Å². The molecule has 11 heteroatoms. The average Bonchev–Trinajstić information content (AvgIpc) is 3.66. The molecule has 0 spiro atoms. The Kier molecular flexibility index (Phi) is 9.59. The molecule has 3 aliphatic rings. The van der Waals surface area contributed by atoms with Gasteiger partial charge in [-0.2, -0.15) is 0 Å². The molecular weight excluding hydrogens is 526 g/mol. The van der Waals surface area contributed by atoms with Crippen molar-refractivity contribution in [3.05, 3.63) is 35.4 Å². The van der Waals surface area contributed by atoms with E-state index in [0.29, 0.717) is 25.9 Å². The predicted octanol–water partition coefficient (Wildman–Crippen LogP) is 1.45. The van der Waals surface area contributed by atoms with Crippen molar-refractivity contribution in [1.29, 1.82) is 0 Å². The quantitative estimate of drug-likeness (QED) is 0.350. The van der Waals surface area contributed by atoms with Gasteiger partial charge in [0.2, 0.25) is 11.8 Å². The monoisotopic (exact) mass is 571 g/mol. The van der Waals surface area contributed by atoms with Crippen molar-refractivity contribution < 1.29 is 29.0 Å². The molecule has 1 saturated heterocycles. The number of hydrogen-bond acceptors (Lipinski definition) is 7. The van der Waals surface area contributed by atoms with Crippen LogP contribution in [0.4, 0.5) is 4.79 Å². The molecule has 0 radical (unpaired) electrons. The lowest BCUT2D eigenvalue weighted by Gasteiger charge is -2.33. The molecule has 2 heterocycles. The average molecular weight is 572 g/mol. The number of nitrogens with zero attached hydrogens (tertiary/aromatic N) is 2. The first kappa shape index (κ1) is 30.8. The molecule has 1 aromatic rings. The van der Waals surface area contributed by atoms with Gasteiger partial charge < -0.3 is 36.0 Å². The van der Waals surface area contributed by atoms with Crippen molar-refractivity contribution in [3.63, 3.8) is 0 Å². The minimum atomic E-state index is -1.42. The fourth-order valence-corrected chi connectivity index (χ4v) is 5.39. The summed E-state index contributed by atoms with van der Waals surface area (Å²) in [6.45, 7) is 8.41. The minimum absolute atomic E-state index is 0.0278. The van der Waals surface area contributed by atoms with Crippen LogP contribution in [-0.2, 0) is 32.1 Å². The smallest absolute Gasteiger partial charge is 0.410 e. The molecule has 4 rings (SSSR count). The van der Waals surface area contributed by atoms with Crippen LogP contribution in [0, 0.1) is 5.41 Å². The zero-order valence-electron chi connectivity index (χ0n) is 24.6. The molecule has 41 heavy (non-hydrogen) atoms. The van der Waals surface area contributed by atoms with Crippen LogP contribution in [0.2, 0.25) is 0 Å². The van der Waals surface area contributed by atoms with E-state index in [9.17, 15) is 24.3 Å². The Morgan fingerprint density at radius 3 is 2.46 bits per heavy atom. The van der Waals surface area contributed by atoms with Crippen molar-refractivity contribution in [2.75, 3.05) is 13.1 Å². The van der Waals surface area contributed by atoms with Gasteiger partial charge >= 0.3 is 6.09 Å². The first-order valence-corrected chi connectivity index (χ1v) is 14.8. The van der Waals surface area contributed by atoms with Crippen LogP contribution in [0.3, 0.4) is 0 Å². The summed E-state index contributed by atoms with van der Waals surface area (Å²) in [6.07, 6.45) is 0.948. The van der Waals surface area contributed by atoms with Crippen molar-refractivity contribution in [2.24, 2.45) is 11.1 Å². The fourth-order valence-electron chi connectivity index (χ4n) is 5.39. The zero-order valence-corrected chi connectivity index (χ0v) is 24.6. The van der Waals surface area contributed by atoms with E-state index in [1.807, 2.05) is 45.9 Å². The number of likely N-dealkylation sites (tertiary alicyclic amines) is 1. The largest absolute Gasteiger partial charge is 0.444 e. The number of aliphatic hydroxyl groups is 1. The molecule has 5 N–H and O–H groups in total. The number of rotatable bonds is 9. The molecule has 1 aromatic carbocycles. The van der Waals surface area contributed by atoms with Crippen LogP contribution in [0.25, 0.3) is 0 Å². The van der Waals surface area contributed by atoms with Crippen molar-refractivity contribution in [3.8, 4) is 0 Å². The highest BCUT2D eigenvalue weighted by atomic mass is 16.6. The molecule has 0 bridgehead atoms. The highest BCUT2D eigenvalue weighted by molar-refractivity contribution is 5.91. The van der Waals surface area contributed by atoms with Crippen LogP contribution in [0.1, 0.15) is 70.9 Å². The molecule has 2 aliphatic heterocycles. The molecule has 0 aromatic heterocycles. The van der Waals surface area contributed by atoms with E-state index < -0.39 is 59.6 Å². The maximum absolute atomic E-state index is 13.6. The van der Waals surface area contributed by atoms with Crippen molar-refractivity contribution in [2.45, 2.75) is 109 Å². The second-order valence-corrected chi connectivity index (χ2v) is 12.7. The zero-order chi connectivity index (χ0) is 29.9. The third kappa shape index (κ3) is 7.56. The highest BCUT2D eigenvalue weighted by Gasteiger charge is 2.46. The highest BCUT2D eigenvalue weighted by Crippen LogP contribution is 2.28. The van der Waals surface area contributed by atoms with Gasteiger partial charge in [0.1, 0.15) is 12.1 Å². The summed E-state index contributed by atoms with van der Waals surface area (Å²) in [5, 5.41) is 16.3. The number of fused-ring (bicyclic) bond motifs is 1. The van der Waals surface area contributed by atoms with Gasteiger partial charge in [-0.3, -0.25) is 14.4 Å². The lowest BCUT2D eigenvalue weighted by atomic mass is 9.86. The maximum atomic E-state index is 13.6. The van der Waals surface area contributed by atoms with Gasteiger partial charge in [-0.15, -0.1) is 0 Å². The first-order chi connectivity index (χ1) is 19.4. The van der Waals surface area contributed by atoms with Crippen LogP contribution < -0.4 is 16.4 Å². The Morgan fingerprint density at radius 1 is 1.15 bits per heavy atom. The van der Waals surface area contributed by atoms with Gasteiger partial charge in [-0.05, 0) is 42.2 Å². The van der Waals surface area contributed by atoms with Crippen LogP contribution in [-0.4, -0.2) is 88.2 Å². The lowest BCUT2D eigenvalue weighted by Crippen LogP contribution is -2.58. The second-order valence-electron chi connectivity index (χ2n) is 12.7. The van der Waals surface area contributed by atoms with E-state index in [1.165, 1.54) is 10.5 Å². The molecule has 1 aliphatic carbocycles. The summed E-state index contributed by atoms with van der Waals surface area (Å²) in [6, 6.07) is 5.36. The van der Waals surface area contributed by atoms with E-state index in [0.717, 1.165) is 24.8 Å². The van der Waals surface area contributed by atoms with Crippen LogP contribution in [0.5, 0.6) is 0 Å². The molecule has 4 amide bonds. The van der Waals surface area contributed by atoms with Gasteiger partial charge in [-0.1, -0.05) is 58.4 Å². The molecule has 5 atom stereocenters. The number of nitrogens with two attached hydrogens (primary N) is 1. The first-order valence-electron chi connectivity index (χ1n) is 14.8. The maximum Gasteiger partial charge on any atom is 0.410 e. The number of amides is 4. The summed E-state index contributed by atoms with van der Waals surface area (Å²) in [4.78, 5) is 55.8. The van der Waals surface area contributed by atoms with Gasteiger partial charge in [0.25, 0.3) is 5.91 Å². The number of benzene rings is 1. The van der Waals surface area contributed by atoms with E-state index in [1.54, 1.807) is 4.90 Å². The standard InChI is InChI=1S/C30H45N5O6/c1-5-8-22(24(36)27(38)32-20-11-12-20)33-26(37)23-15-21(17-35(23)28(39)25(31)30(2,3)4)41-29(40)34-14-13-18-9-6-7-10-19(18)16-34/h6-7,9-10,20-25,36H,5,8,11-17,31H2,1-4H3,(H,32,38)(H,33,37)/t21-,22?,23+,24?,25-/m1/s1. The topological polar surface area (TPSA) is 154 Å². The molecule has 2 fully saturated rings. The van der Waals surface area contributed by atoms with Crippen molar-refractivity contribution >= 4 is 23.8 Å². The van der Waals surface area contributed by atoms with Gasteiger partial charge in [0, 0.05) is 25.6 Å². The molecular formula is C30H45N5O6. The Morgan fingerprint density at radius 2 is 1.83 bits per heavy atom. The van der Waals surface area contributed by atoms with E-state index in [2.05, 4.69) is 16.7 Å². The molecule has 11 nitrogen and oxygen atoms in total. The summed E-state index contributed by atoms with van der Waals surface area (Å²) >= 11 is 0. The normalized spacial score (nSPS) is 22.8. The van der Waals surface area contributed by atoms with Gasteiger partial charge in [0.05, 0.1) is 18.6 Å². The molecule has 2 unspecified atom stereocenters. The Balaban J connectivity index is 1.46. The number of carbonyl (C=O) groups excluding carboxylic acids is 4. The predicted molar refractivity (Wildman–Crippen MR) is 152 cm³/mol. The summed E-state index contributed by atoms with van der Waals surface area (Å²) in [5.74, 6) is -1.45. The molecule has 226 valence electrons. The third-order valence-corrected chi connectivity index (χ3v) is 8.20. The SMILES string of the molecule is CCCC(NC(=O)[C@@H]1C[C@@H](OC(=O)N2CCc3ccccc3C2)CN1C(=O)[C@@H](N)C(C)(C)C)C(O)C(=O)NC1CC1. The summed E-state index contributed by atoms with van der Waals surface area (Å²) in [5.41, 5.74) is 8.02. The van der Waals surface area contributed by atoms with Gasteiger partial charge in [0.15, 0.2) is 6.10 Å². The van der Waals surface area contributed by atoms with Crippen molar-refractivity contribution in [1.82, 2.24) is 20.4 Å². The Hall–Kier alpha value is -3.18. The van der Waals surface area contributed by atoms with E-state index in [4.69, 9.17) is 10.5 Å².